The van der Waals surface area contributed by atoms with Gasteiger partial charge in [-0.2, -0.15) is 4.99 Å². The summed E-state index contributed by atoms with van der Waals surface area (Å²) in [6.45, 7) is 3.89. The Labute approximate surface area is 180 Å². The highest BCUT2D eigenvalue weighted by atomic mass is 16.6. The van der Waals surface area contributed by atoms with Crippen molar-refractivity contribution >= 4 is 23.3 Å². The van der Waals surface area contributed by atoms with Crippen molar-refractivity contribution in [3.8, 4) is 11.5 Å². The van der Waals surface area contributed by atoms with Crippen molar-refractivity contribution in [2.24, 2.45) is 21.5 Å². The van der Waals surface area contributed by atoms with Crippen LogP contribution in [0.4, 0.5) is 11.4 Å². The van der Waals surface area contributed by atoms with Gasteiger partial charge in [0.15, 0.2) is 0 Å². The summed E-state index contributed by atoms with van der Waals surface area (Å²) in [5, 5.41) is 11.7. The molecule has 31 heavy (non-hydrogen) atoms. The summed E-state index contributed by atoms with van der Waals surface area (Å²) >= 11 is 0. The molecule has 9 nitrogen and oxygen atoms in total. The zero-order valence-electron chi connectivity index (χ0n) is 17.7. The monoisotopic (exact) mass is 422 g/mol. The molecular formula is C22H26N6O3. The number of guanidine groups is 2. The number of anilines is 1. The topological polar surface area (TPSA) is 132 Å². The van der Waals surface area contributed by atoms with Crippen LogP contribution >= 0.6 is 0 Å². The molecule has 1 aliphatic carbocycles. The van der Waals surface area contributed by atoms with Gasteiger partial charge >= 0.3 is 0 Å². The number of nitro benzene ring substituents is 1. The Balaban J connectivity index is 1.81. The molecule has 2 aliphatic rings. The number of aryl methyl sites for hydroxylation is 2. The predicted octanol–water partition coefficient (Wildman–Crippen LogP) is 4.11. The van der Waals surface area contributed by atoms with E-state index in [9.17, 15) is 10.1 Å². The molecule has 2 aromatic rings. The van der Waals surface area contributed by atoms with Crippen LogP contribution in [-0.2, 0) is 0 Å². The standard InChI is InChI=1S/C22H26N6O3/c1-14-6-7-15(2)19(10-14)31-18-12-16(11-17(13-18)28(29)30)27-21(24)25-20(23)26-22(27)8-4-3-5-9-22/h6-7,10-13H,3-5,8-9H2,1-2H3,(H4,23,24,25,26). The van der Waals surface area contributed by atoms with Crippen LogP contribution in [0, 0.1) is 24.0 Å². The highest BCUT2D eigenvalue weighted by Crippen LogP contribution is 2.42. The Kier molecular flexibility index (Phi) is 5.26. The SMILES string of the molecule is Cc1ccc(C)c(Oc2cc(N3C(N)=NC(N)=NC34CCCCC4)cc([N+](=O)[O-])c2)c1. The Bertz CT molecular complexity index is 1090. The van der Waals surface area contributed by atoms with E-state index in [1.807, 2.05) is 32.0 Å². The molecule has 0 aromatic heterocycles. The lowest BCUT2D eigenvalue weighted by molar-refractivity contribution is -0.384. The van der Waals surface area contributed by atoms with Gasteiger partial charge in [-0.15, -0.1) is 0 Å². The van der Waals surface area contributed by atoms with E-state index >= 15 is 0 Å². The molecule has 162 valence electrons. The molecule has 1 heterocycles. The van der Waals surface area contributed by atoms with E-state index in [0.717, 1.165) is 43.2 Å². The van der Waals surface area contributed by atoms with Crippen LogP contribution in [0.25, 0.3) is 0 Å². The summed E-state index contributed by atoms with van der Waals surface area (Å²) in [5.74, 6) is 1.29. The molecule has 0 amide bonds. The van der Waals surface area contributed by atoms with Crippen LogP contribution in [0.5, 0.6) is 11.5 Å². The average Bonchev–Trinajstić information content (AvgIpc) is 2.70. The molecule has 0 saturated heterocycles. The molecule has 4 N–H and O–H groups in total. The first-order valence-electron chi connectivity index (χ1n) is 10.3. The van der Waals surface area contributed by atoms with Gasteiger partial charge in [-0.25, -0.2) is 4.99 Å². The van der Waals surface area contributed by atoms with Gasteiger partial charge in [0, 0.05) is 12.1 Å². The molecule has 1 spiro atoms. The summed E-state index contributed by atoms with van der Waals surface area (Å²) in [4.78, 5) is 21.8. The largest absolute Gasteiger partial charge is 0.457 e. The molecule has 0 atom stereocenters. The Morgan fingerprint density at radius 2 is 1.84 bits per heavy atom. The van der Waals surface area contributed by atoms with Crippen molar-refractivity contribution in [1.82, 2.24) is 0 Å². The zero-order chi connectivity index (χ0) is 22.2. The van der Waals surface area contributed by atoms with Gasteiger partial charge in [0.05, 0.1) is 16.7 Å². The van der Waals surface area contributed by atoms with E-state index in [2.05, 4.69) is 9.98 Å². The van der Waals surface area contributed by atoms with E-state index in [1.165, 1.54) is 12.1 Å². The lowest BCUT2D eigenvalue weighted by atomic mass is 9.87. The maximum Gasteiger partial charge on any atom is 0.275 e. The Hall–Kier alpha value is -3.62. The number of hydrogen-bond donors (Lipinski definition) is 2. The minimum atomic E-state index is -0.695. The first-order chi connectivity index (χ1) is 14.8. The van der Waals surface area contributed by atoms with Crippen molar-refractivity contribution < 1.29 is 9.66 Å². The summed E-state index contributed by atoms with van der Waals surface area (Å²) < 4.78 is 6.07. The molecule has 1 saturated carbocycles. The fourth-order valence-electron chi connectivity index (χ4n) is 4.30. The average molecular weight is 422 g/mol. The van der Waals surface area contributed by atoms with E-state index in [0.29, 0.717) is 17.2 Å². The smallest absolute Gasteiger partial charge is 0.275 e. The molecule has 0 radical (unpaired) electrons. The van der Waals surface area contributed by atoms with Gasteiger partial charge in [0.1, 0.15) is 17.2 Å². The lowest BCUT2D eigenvalue weighted by Crippen LogP contribution is -2.58. The lowest BCUT2D eigenvalue weighted by Gasteiger charge is -2.45. The third-order valence-corrected chi connectivity index (χ3v) is 5.77. The summed E-state index contributed by atoms with van der Waals surface area (Å²) in [6.07, 6.45) is 4.49. The van der Waals surface area contributed by atoms with Crippen LogP contribution in [0.1, 0.15) is 43.2 Å². The van der Waals surface area contributed by atoms with Crippen LogP contribution < -0.4 is 21.1 Å². The van der Waals surface area contributed by atoms with E-state index in [1.54, 1.807) is 11.0 Å². The zero-order valence-corrected chi connectivity index (χ0v) is 17.7. The second kappa shape index (κ2) is 7.90. The number of benzene rings is 2. The van der Waals surface area contributed by atoms with Gasteiger partial charge in [-0.3, -0.25) is 15.0 Å². The molecule has 4 rings (SSSR count). The number of ether oxygens (including phenoxy) is 1. The third kappa shape index (κ3) is 4.03. The second-order valence-corrected chi connectivity index (χ2v) is 8.13. The van der Waals surface area contributed by atoms with Crippen LogP contribution in [0.3, 0.4) is 0 Å². The Morgan fingerprint density at radius 3 is 2.55 bits per heavy atom. The summed E-state index contributed by atoms with van der Waals surface area (Å²) in [5.41, 5.74) is 13.9. The summed E-state index contributed by atoms with van der Waals surface area (Å²) in [6, 6.07) is 10.5. The van der Waals surface area contributed by atoms with Crippen LogP contribution in [-0.4, -0.2) is 22.5 Å². The Morgan fingerprint density at radius 1 is 1.10 bits per heavy atom. The maximum absolute atomic E-state index is 11.7. The minimum Gasteiger partial charge on any atom is -0.457 e. The number of non-ortho nitro benzene ring substituents is 1. The normalized spacial score (nSPS) is 17.8. The first kappa shape index (κ1) is 20.6. The van der Waals surface area contributed by atoms with Gasteiger partial charge in [0.2, 0.25) is 11.9 Å². The minimum absolute atomic E-state index is 0.0981. The number of rotatable bonds is 4. The fraction of sp³-hybridized carbons (Fsp3) is 0.364. The van der Waals surface area contributed by atoms with Gasteiger partial charge in [0.25, 0.3) is 5.69 Å². The number of nitro groups is 1. The van der Waals surface area contributed by atoms with Crippen molar-refractivity contribution in [2.75, 3.05) is 4.90 Å². The molecule has 9 heteroatoms. The maximum atomic E-state index is 11.7. The predicted molar refractivity (Wildman–Crippen MR) is 121 cm³/mol. The van der Waals surface area contributed by atoms with Crippen LogP contribution in [0.2, 0.25) is 0 Å². The van der Waals surface area contributed by atoms with E-state index in [4.69, 9.17) is 16.2 Å². The van der Waals surface area contributed by atoms with E-state index < -0.39 is 10.6 Å². The molecular weight excluding hydrogens is 396 g/mol. The number of hydrogen-bond acceptors (Lipinski definition) is 8. The summed E-state index contributed by atoms with van der Waals surface area (Å²) in [7, 11) is 0. The number of aliphatic imine (C=N–C) groups is 2. The quantitative estimate of drug-likeness (QED) is 0.563. The highest BCUT2D eigenvalue weighted by molar-refractivity contribution is 6.05. The first-order valence-corrected chi connectivity index (χ1v) is 10.3. The fourth-order valence-corrected chi connectivity index (χ4v) is 4.30. The highest BCUT2D eigenvalue weighted by Gasteiger charge is 2.43. The van der Waals surface area contributed by atoms with Gasteiger partial charge in [-0.05, 0) is 56.7 Å². The second-order valence-electron chi connectivity index (χ2n) is 8.13. The van der Waals surface area contributed by atoms with Crippen molar-refractivity contribution in [1.29, 1.82) is 0 Å². The molecule has 0 bridgehead atoms. The molecule has 2 aromatic carbocycles. The number of nitrogens with zero attached hydrogens (tertiary/aromatic N) is 4. The van der Waals surface area contributed by atoms with Crippen molar-refractivity contribution in [3.63, 3.8) is 0 Å². The molecule has 1 fully saturated rings. The third-order valence-electron chi connectivity index (χ3n) is 5.77. The molecule has 0 unspecified atom stereocenters. The molecule has 1 aliphatic heterocycles. The van der Waals surface area contributed by atoms with E-state index in [-0.39, 0.29) is 17.6 Å². The van der Waals surface area contributed by atoms with Crippen LogP contribution in [0.15, 0.2) is 46.4 Å². The van der Waals surface area contributed by atoms with Gasteiger partial charge < -0.3 is 16.2 Å². The van der Waals surface area contributed by atoms with Crippen molar-refractivity contribution in [3.05, 3.63) is 57.6 Å². The van der Waals surface area contributed by atoms with Gasteiger partial charge in [-0.1, -0.05) is 18.6 Å². The van der Waals surface area contributed by atoms with Crippen molar-refractivity contribution in [2.45, 2.75) is 51.6 Å². The number of nitrogens with two attached hydrogens (primary N) is 2.